The number of aliphatic hydroxyl groups excluding tert-OH is 1. The van der Waals surface area contributed by atoms with Crippen LogP contribution in [0.2, 0.25) is 5.04 Å². The lowest BCUT2D eigenvalue weighted by molar-refractivity contribution is -0.0159. The molecule has 122 valence electrons. The van der Waals surface area contributed by atoms with Crippen molar-refractivity contribution in [3.8, 4) is 0 Å². The fourth-order valence-electron chi connectivity index (χ4n) is 3.58. The molecular weight excluding hydrogens is 300 g/mol. The maximum Gasteiger partial charge on any atom is 0.261 e. The van der Waals surface area contributed by atoms with Gasteiger partial charge in [0, 0.05) is 0 Å². The Hall–Kier alpha value is -1.42. The van der Waals surface area contributed by atoms with Crippen LogP contribution in [0.25, 0.3) is 0 Å². The first-order chi connectivity index (χ1) is 10.9. The topological polar surface area (TPSA) is 29.5 Å². The summed E-state index contributed by atoms with van der Waals surface area (Å²) in [5.41, 5.74) is 0. The van der Waals surface area contributed by atoms with E-state index in [1.54, 1.807) is 0 Å². The molecule has 0 radical (unpaired) electrons. The Bertz CT molecular complexity index is 588. The predicted molar refractivity (Wildman–Crippen MR) is 97.7 cm³/mol. The summed E-state index contributed by atoms with van der Waals surface area (Å²) in [5, 5.41) is 12.3. The minimum atomic E-state index is -2.42. The van der Waals surface area contributed by atoms with Crippen LogP contribution in [0.5, 0.6) is 0 Å². The molecule has 23 heavy (non-hydrogen) atoms. The molecule has 0 saturated heterocycles. The van der Waals surface area contributed by atoms with E-state index in [0.717, 1.165) is 12.8 Å². The van der Waals surface area contributed by atoms with Gasteiger partial charge in [0.2, 0.25) is 0 Å². The zero-order chi connectivity index (χ0) is 16.5. The van der Waals surface area contributed by atoms with Crippen molar-refractivity contribution in [3.63, 3.8) is 0 Å². The normalized spacial score (nSPS) is 21.7. The molecular formula is C20H26O2Si. The van der Waals surface area contributed by atoms with Gasteiger partial charge in [0.15, 0.2) is 0 Å². The van der Waals surface area contributed by atoms with Gasteiger partial charge in [-0.1, -0.05) is 81.4 Å². The second kappa shape index (κ2) is 6.23. The van der Waals surface area contributed by atoms with Crippen molar-refractivity contribution >= 4 is 18.7 Å². The summed E-state index contributed by atoms with van der Waals surface area (Å²) in [4.78, 5) is 0. The maximum atomic E-state index is 9.69. The first-order valence-corrected chi connectivity index (χ1v) is 10.3. The summed E-state index contributed by atoms with van der Waals surface area (Å²) in [5.74, 6) is 0. The van der Waals surface area contributed by atoms with Crippen LogP contribution < -0.4 is 10.4 Å². The molecule has 0 heterocycles. The SMILES string of the molecule is CC(C)(C)[Si](O[C@H]1C[C@@H](O)C1)(c1ccccc1)c1ccccc1. The summed E-state index contributed by atoms with van der Waals surface area (Å²) in [6, 6.07) is 21.4. The van der Waals surface area contributed by atoms with Crippen LogP contribution >= 0.6 is 0 Å². The van der Waals surface area contributed by atoms with Crippen LogP contribution in [0.15, 0.2) is 60.7 Å². The molecule has 0 atom stereocenters. The van der Waals surface area contributed by atoms with E-state index in [4.69, 9.17) is 4.43 Å². The highest BCUT2D eigenvalue weighted by Crippen LogP contribution is 2.40. The molecule has 2 nitrogen and oxygen atoms in total. The maximum absolute atomic E-state index is 9.69. The fourth-order valence-corrected chi connectivity index (χ4v) is 8.28. The van der Waals surface area contributed by atoms with Crippen molar-refractivity contribution < 1.29 is 9.53 Å². The molecule has 1 aliphatic rings. The van der Waals surface area contributed by atoms with E-state index in [9.17, 15) is 5.11 Å². The minimum Gasteiger partial charge on any atom is -0.404 e. The van der Waals surface area contributed by atoms with E-state index in [0.29, 0.717) is 0 Å². The molecule has 0 aromatic heterocycles. The molecule has 1 fully saturated rings. The van der Waals surface area contributed by atoms with Crippen LogP contribution in [0.3, 0.4) is 0 Å². The second-order valence-electron chi connectivity index (χ2n) is 7.53. The van der Waals surface area contributed by atoms with Gasteiger partial charge in [0.05, 0.1) is 12.2 Å². The predicted octanol–water partition coefficient (Wildman–Crippen LogP) is 3.09. The van der Waals surface area contributed by atoms with Crippen LogP contribution in [-0.2, 0) is 4.43 Å². The summed E-state index contributed by atoms with van der Waals surface area (Å²) in [7, 11) is -2.42. The van der Waals surface area contributed by atoms with Crippen molar-refractivity contribution in [1.29, 1.82) is 0 Å². The second-order valence-corrected chi connectivity index (χ2v) is 11.8. The highest BCUT2D eigenvalue weighted by molar-refractivity contribution is 6.99. The highest BCUT2D eigenvalue weighted by atomic mass is 28.4. The van der Waals surface area contributed by atoms with Crippen molar-refractivity contribution in [2.75, 3.05) is 0 Å². The van der Waals surface area contributed by atoms with Gasteiger partial charge in [-0.3, -0.25) is 0 Å². The first kappa shape index (κ1) is 16.4. The Labute approximate surface area is 140 Å². The van der Waals surface area contributed by atoms with Crippen LogP contribution in [0.1, 0.15) is 33.6 Å². The highest BCUT2D eigenvalue weighted by Gasteiger charge is 2.52. The quantitative estimate of drug-likeness (QED) is 0.875. The van der Waals surface area contributed by atoms with Gasteiger partial charge in [-0.15, -0.1) is 0 Å². The van der Waals surface area contributed by atoms with E-state index >= 15 is 0 Å². The van der Waals surface area contributed by atoms with Crippen LogP contribution in [-0.4, -0.2) is 25.6 Å². The minimum absolute atomic E-state index is 0.0102. The molecule has 0 amide bonds. The Balaban J connectivity index is 2.13. The van der Waals surface area contributed by atoms with Crippen LogP contribution in [0.4, 0.5) is 0 Å². The van der Waals surface area contributed by atoms with Crippen molar-refractivity contribution in [1.82, 2.24) is 0 Å². The number of rotatable bonds is 4. The lowest BCUT2D eigenvalue weighted by Gasteiger charge is -2.47. The van der Waals surface area contributed by atoms with E-state index in [1.807, 2.05) is 0 Å². The number of hydrogen-bond donors (Lipinski definition) is 1. The third-order valence-corrected chi connectivity index (χ3v) is 9.92. The van der Waals surface area contributed by atoms with E-state index in [-0.39, 0.29) is 17.2 Å². The van der Waals surface area contributed by atoms with Gasteiger partial charge in [0.25, 0.3) is 8.32 Å². The lowest BCUT2D eigenvalue weighted by atomic mass is 9.93. The third kappa shape index (κ3) is 3.01. The number of aliphatic hydroxyl groups is 1. The van der Waals surface area contributed by atoms with E-state index in [1.165, 1.54) is 10.4 Å². The van der Waals surface area contributed by atoms with Crippen molar-refractivity contribution in [2.24, 2.45) is 0 Å². The average Bonchev–Trinajstić information content (AvgIpc) is 2.51. The molecule has 1 aliphatic carbocycles. The average molecular weight is 327 g/mol. The monoisotopic (exact) mass is 326 g/mol. The molecule has 2 aromatic rings. The Morgan fingerprint density at radius 1 is 0.870 bits per heavy atom. The Kier molecular flexibility index (Phi) is 4.45. The lowest BCUT2D eigenvalue weighted by Crippen LogP contribution is -2.68. The molecule has 2 aromatic carbocycles. The zero-order valence-corrected chi connectivity index (χ0v) is 15.2. The van der Waals surface area contributed by atoms with Gasteiger partial charge in [0.1, 0.15) is 0 Å². The summed E-state index contributed by atoms with van der Waals surface area (Å²) < 4.78 is 6.86. The number of benzene rings is 2. The molecule has 3 heteroatoms. The van der Waals surface area contributed by atoms with Gasteiger partial charge in [-0.2, -0.15) is 0 Å². The standard InChI is InChI=1S/C20H26O2Si/c1-20(2,3)23(18-10-6-4-7-11-18,19-12-8-5-9-13-19)22-17-14-16(21)15-17/h4-13,16-17,21H,14-15H2,1-3H3/t16-,17+. The summed E-state index contributed by atoms with van der Waals surface area (Å²) in [6.07, 6.45) is 1.48. The van der Waals surface area contributed by atoms with Gasteiger partial charge in [-0.05, 0) is 28.3 Å². The summed E-state index contributed by atoms with van der Waals surface area (Å²) >= 11 is 0. The van der Waals surface area contributed by atoms with E-state index in [2.05, 4.69) is 81.4 Å². The molecule has 0 spiro atoms. The Morgan fingerprint density at radius 3 is 1.65 bits per heavy atom. The molecule has 0 bridgehead atoms. The fraction of sp³-hybridized carbons (Fsp3) is 0.400. The molecule has 3 rings (SSSR count). The van der Waals surface area contributed by atoms with E-state index < -0.39 is 8.32 Å². The zero-order valence-electron chi connectivity index (χ0n) is 14.2. The van der Waals surface area contributed by atoms with Gasteiger partial charge in [-0.25, -0.2) is 0 Å². The third-order valence-electron chi connectivity index (χ3n) is 4.83. The number of hydrogen-bond acceptors (Lipinski definition) is 2. The van der Waals surface area contributed by atoms with Gasteiger partial charge >= 0.3 is 0 Å². The van der Waals surface area contributed by atoms with Crippen molar-refractivity contribution in [3.05, 3.63) is 60.7 Å². The molecule has 1 saturated carbocycles. The largest absolute Gasteiger partial charge is 0.404 e. The Morgan fingerprint density at radius 2 is 1.30 bits per heavy atom. The summed E-state index contributed by atoms with van der Waals surface area (Å²) in [6.45, 7) is 6.86. The molecule has 1 N–H and O–H groups in total. The molecule has 0 unspecified atom stereocenters. The first-order valence-electron chi connectivity index (χ1n) is 8.40. The van der Waals surface area contributed by atoms with Crippen molar-refractivity contribution in [2.45, 2.75) is 50.9 Å². The smallest absolute Gasteiger partial charge is 0.261 e. The molecule has 0 aliphatic heterocycles. The van der Waals surface area contributed by atoms with Gasteiger partial charge < -0.3 is 9.53 Å². The van der Waals surface area contributed by atoms with Crippen LogP contribution in [0, 0.1) is 0 Å².